The first-order chi connectivity index (χ1) is 22.6. The molecule has 236 valence electrons. The second kappa shape index (κ2) is 15.3. The van der Waals surface area contributed by atoms with E-state index in [2.05, 4.69) is 57.9 Å². The number of carbonyl (C=O) groups is 2. The van der Waals surface area contributed by atoms with Gasteiger partial charge in [-0.05, 0) is 42.5 Å². The van der Waals surface area contributed by atoms with Crippen LogP contribution in [0.25, 0.3) is 0 Å². The van der Waals surface area contributed by atoms with E-state index in [1.54, 1.807) is 0 Å². The maximum absolute atomic E-state index is 14.4. The average Bonchev–Trinajstić information content (AvgIpc) is 3.41. The SMILES string of the molecule is COC(=O)/C(=C(\C(=O)OC)P1N(Cc2ccccc2)[C@@H]2CCCC[C@H]2N1Cc1ccccc1)P(c1ccccc1)c1ccccc1. The zero-order valence-electron chi connectivity index (χ0n) is 26.4. The van der Waals surface area contributed by atoms with E-state index in [-0.39, 0.29) is 12.1 Å². The molecule has 1 heterocycles. The van der Waals surface area contributed by atoms with Gasteiger partial charge in [0.15, 0.2) is 0 Å². The summed E-state index contributed by atoms with van der Waals surface area (Å²) in [5, 5.41) is 2.79. The summed E-state index contributed by atoms with van der Waals surface area (Å²) in [4.78, 5) is 28.7. The summed E-state index contributed by atoms with van der Waals surface area (Å²) in [6.45, 7) is 1.34. The Labute approximate surface area is 274 Å². The van der Waals surface area contributed by atoms with Crippen molar-refractivity contribution in [1.29, 1.82) is 0 Å². The first-order valence-corrected chi connectivity index (χ1v) is 18.4. The molecule has 6 rings (SSSR count). The summed E-state index contributed by atoms with van der Waals surface area (Å²) >= 11 is 0. The highest BCUT2D eigenvalue weighted by atomic mass is 31.1. The Hall–Kier alpha value is -3.66. The molecule has 0 aromatic heterocycles. The van der Waals surface area contributed by atoms with Crippen LogP contribution in [-0.4, -0.2) is 47.6 Å². The number of esters is 2. The predicted octanol–water partition coefficient (Wildman–Crippen LogP) is 7.32. The predicted molar refractivity (Wildman–Crippen MR) is 187 cm³/mol. The van der Waals surface area contributed by atoms with E-state index in [1.165, 1.54) is 25.3 Å². The van der Waals surface area contributed by atoms with Crippen molar-refractivity contribution in [3.8, 4) is 0 Å². The monoisotopic (exact) mass is 650 g/mol. The first kappa shape index (κ1) is 32.3. The van der Waals surface area contributed by atoms with Gasteiger partial charge in [0.05, 0.1) is 27.8 Å². The zero-order chi connectivity index (χ0) is 31.9. The molecule has 6 nitrogen and oxygen atoms in total. The van der Waals surface area contributed by atoms with Gasteiger partial charge in [-0.2, -0.15) is 0 Å². The summed E-state index contributed by atoms with van der Waals surface area (Å²) in [5.74, 6) is -0.962. The molecule has 0 bridgehead atoms. The molecule has 46 heavy (non-hydrogen) atoms. The average molecular weight is 651 g/mol. The number of carbonyl (C=O) groups excluding carboxylic acids is 2. The van der Waals surface area contributed by atoms with Crippen molar-refractivity contribution in [2.75, 3.05) is 14.2 Å². The quantitative estimate of drug-likeness (QED) is 0.102. The van der Waals surface area contributed by atoms with Gasteiger partial charge < -0.3 is 9.47 Å². The summed E-state index contributed by atoms with van der Waals surface area (Å²) in [6.07, 6.45) is 4.35. The van der Waals surface area contributed by atoms with Crippen LogP contribution in [0.15, 0.2) is 132 Å². The van der Waals surface area contributed by atoms with Gasteiger partial charge in [-0.3, -0.25) is 9.34 Å². The van der Waals surface area contributed by atoms with Crippen LogP contribution >= 0.6 is 16.1 Å². The fourth-order valence-corrected chi connectivity index (χ4v) is 12.6. The van der Waals surface area contributed by atoms with E-state index in [0.717, 1.165) is 36.3 Å². The lowest BCUT2D eigenvalue weighted by molar-refractivity contribution is -0.138. The van der Waals surface area contributed by atoms with E-state index in [9.17, 15) is 9.59 Å². The normalized spacial score (nSPS) is 19.4. The highest BCUT2D eigenvalue weighted by molar-refractivity contribution is 7.78. The molecule has 4 aromatic rings. The Balaban J connectivity index is 1.63. The van der Waals surface area contributed by atoms with Crippen molar-refractivity contribution in [2.45, 2.75) is 50.9 Å². The number of hydrogen-bond donors (Lipinski definition) is 0. The lowest BCUT2D eigenvalue weighted by atomic mass is 9.90. The molecule has 1 saturated heterocycles. The Morgan fingerprint density at radius 3 is 1.41 bits per heavy atom. The van der Waals surface area contributed by atoms with Crippen molar-refractivity contribution in [1.82, 2.24) is 9.34 Å². The Morgan fingerprint density at radius 2 is 1.02 bits per heavy atom. The highest BCUT2D eigenvalue weighted by Crippen LogP contribution is 2.66. The van der Waals surface area contributed by atoms with Gasteiger partial charge in [0, 0.05) is 25.2 Å². The highest BCUT2D eigenvalue weighted by Gasteiger charge is 2.52. The lowest BCUT2D eigenvalue weighted by Gasteiger charge is -2.35. The molecule has 4 aromatic carbocycles. The minimum absolute atomic E-state index is 0.238. The molecule has 2 atom stereocenters. The molecule has 0 N–H and O–H groups in total. The first-order valence-electron chi connectivity index (χ1n) is 15.8. The molecule has 0 radical (unpaired) electrons. The lowest BCUT2D eigenvalue weighted by Crippen LogP contribution is -2.39. The minimum Gasteiger partial charge on any atom is -0.465 e. The van der Waals surface area contributed by atoms with Crippen molar-refractivity contribution in [3.05, 3.63) is 143 Å². The Kier molecular flexibility index (Phi) is 10.7. The molecule has 2 fully saturated rings. The molecule has 2 aliphatic rings. The summed E-state index contributed by atoms with van der Waals surface area (Å²) in [5.41, 5.74) is 2.36. The Bertz CT molecular complexity index is 1540. The largest absolute Gasteiger partial charge is 0.465 e. The van der Waals surface area contributed by atoms with Crippen LogP contribution in [0.2, 0.25) is 0 Å². The van der Waals surface area contributed by atoms with Gasteiger partial charge in [-0.25, -0.2) is 9.59 Å². The van der Waals surface area contributed by atoms with Crippen LogP contribution in [0.4, 0.5) is 0 Å². The molecular weight excluding hydrogens is 610 g/mol. The fourth-order valence-electron chi connectivity index (χ4n) is 6.70. The second-order valence-electron chi connectivity index (χ2n) is 11.6. The summed E-state index contributed by atoms with van der Waals surface area (Å²) < 4.78 is 16.3. The number of nitrogens with zero attached hydrogens (tertiary/aromatic N) is 2. The van der Waals surface area contributed by atoms with Crippen LogP contribution in [0.5, 0.6) is 0 Å². The molecule has 0 amide bonds. The number of benzene rings is 4. The van der Waals surface area contributed by atoms with Gasteiger partial charge in [-0.15, -0.1) is 0 Å². The topological polar surface area (TPSA) is 59.1 Å². The molecule has 1 aliphatic heterocycles. The fraction of sp³-hybridized carbons (Fsp3) is 0.263. The molecule has 0 unspecified atom stereocenters. The van der Waals surface area contributed by atoms with Crippen LogP contribution in [0, 0.1) is 0 Å². The van der Waals surface area contributed by atoms with E-state index < -0.39 is 28.1 Å². The molecule has 1 saturated carbocycles. The number of rotatable bonds is 10. The second-order valence-corrected chi connectivity index (χ2v) is 15.8. The third kappa shape index (κ3) is 6.87. The van der Waals surface area contributed by atoms with E-state index in [4.69, 9.17) is 9.47 Å². The molecular formula is C38H40N2O4P2. The number of fused-ring (bicyclic) bond motifs is 1. The number of methoxy groups -OCH3 is 2. The molecule has 8 heteroatoms. The maximum atomic E-state index is 14.4. The van der Waals surface area contributed by atoms with Crippen LogP contribution in [-0.2, 0) is 32.2 Å². The molecule has 1 aliphatic carbocycles. The zero-order valence-corrected chi connectivity index (χ0v) is 28.2. The van der Waals surface area contributed by atoms with Crippen LogP contribution in [0.3, 0.4) is 0 Å². The van der Waals surface area contributed by atoms with Gasteiger partial charge in [-0.1, -0.05) is 134 Å². The number of hydrogen-bond acceptors (Lipinski definition) is 6. The standard InChI is InChI=1S/C38H40N2O4P2/c1-43-37(41)35(45(31-21-11-5-12-22-31)32-23-13-6-14-24-32)36(38(42)44-2)46-39(27-29-17-7-3-8-18-29)33-25-15-16-26-34(33)40(46)28-30-19-9-4-10-20-30/h3-14,17-24,33-34H,15-16,25-28H2,1-2H3/b36-35-/t33-,34-/m1/s1. The van der Waals surface area contributed by atoms with Gasteiger partial charge >= 0.3 is 11.9 Å². The number of ether oxygens (including phenoxy) is 2. The third-order valence-corrected chi connectivity index (χ3v) is 14.1. The molecule has 0 spiro atoms. The van der Waals surface area contributed by atoms with Crippen molar-refractivity contribution in [2.24, 2.45) is 0 Å². The van der Waals surface area contributed by atoms with Crippen LogP contribution in [0.1, 0.15) is 36.8 Å². The van der Waals surface area contributed by atoms with Gasteiger partial charge in [0.1, 0.15) is 5.31 Å². The summed E-state index contributed by atoms with van der Waals surface area (Å²) in [7, 11) is -0.115. The maximum Gasteiger partial charge on any atom is 0.341 e. The van der Waals surface area contributed by atoms with Gasteiger partial charge in [0.25, 0.3) is 0 Å². The smallest absolute Gasteiger partial charge is 0.341 e. The van der Waals surface area contributed by atoms with Crippen molar-refractivity contribution >= 4 is 38.7 Å². The Morgan fingerprint density at radius 1 is 0.630 bits per heavy atom. The van der Waals surface area contributed by atoms with E-state index in [0.29, 0.717) is 23.7 Å². The van der Waals surface area contributed by atoms with E-state index >= 15 is 0 Å². The van der Waals surface area contributed by atoms with E-state index in [1.807, 2.05) is 72.8 Å². The van der Waals surface area contributed by atoms with Crippen molar-refractivity contribution in [3.63, 3.8) is 0 Å². The van der Waals surface area contributed by atoms with Crippen molar-refractivity contribution < 1.29 is 19.1 Å². The van der Waals surface area contributed by atoms with Crippen LogP contribution < -0.4 is 10.6 Å². The minimum atomic E-state index is -1.48. The third-order valence-electron chi connectivity index (χ3n) is 8.76. The van der Waals surface area contributed by atoms with Gasteiger partial charge in [0.2, 0.25) is 0 Å². The summed E-state index contributed by atoms with van der Waals surface area (Å²) in [6, 6.07) is 41.4.